The Morgan fingerprint density at radius 1 is 1.05 bits per heavy atom. The molecule has 0 unspecified atom stereocenters. The summed E-state index contributed by atoms with van der Waals surface area (Å²) in [6, 6.07) is 20.4. The lowest BCUT2D eigenvalue weighted by Crippen LogP contribution is -2.38. The largest absolute Gasteiger partial charge is 0.331 e. The van der Waals surface area contributed by atoms with Crippen LogP contribution >= 0.6 is 0 Å². The minimum Gasteiger partial charge on any atom is -0.331 e. The molecular formula is C18H19N3O. The molecule has 0 aliphatic carbocycles. The summed E-state index contributed by atoms with van der Waals surface area (Å²) in [6.07, 6.45) is 0. The average molecular weight is 293 g/mol. The molecule has 3 rings (SSSR count). The van der Waals surface area contributed by atoms with E-state index < -0.39 is 0 Å². The van der Waals surface area contributed by atoms with Gasteiger partial charge in [-0.25, -0.2) is 5.01 Å². The zero-order valence-corrected chi connectivity index (χ0v) is 12.8. The van der Waals surface area contributed by atoms with Gasteiger partial charge < -0.3 is 4.57 Å². The quantitative estimate of drug-likeness (QED) is 0.751. The molecule has 2 aromatic carbocycles. The molecule has 1 heterocycles. The van der Waals surface area contributed by atoms with Gasteiger partial charge in [-0.1, -0.05) is 48.5 Å². The molecule has 1 aromatic heterocycles. The van der Waals surface area contributed by atoms with Gasteiger partial charge in [-0.05, 0) is 17.7 Å². The number of aromatic nitrogens is 1. The highest BCUT2D eigenvalue weighted by Gasteiger charge is 2.13. The molecule has 0 spiro atoms. The number of carbonyl (C=O) groups is 1. The Bertz CT molecular complexity index is 790. The number of carbonyl (C=O) groups excluding carboxylic acids is 1. The van der Waals surface area contributed by atoms with Crippen LogP contribution in [-0.4, -0.2) is 29.6 Å². The molecule has 22 heavy (non-hydrogen) atoms. The van der Waals surface area contributed by atoms with Crippen molar-refractivity contribution >= 4 is 16.8 Å². The number of benzene rings is 2. The summed E-state index contributed by atoms with van der Waals surface area (Å²) in [5, 5.41) is 2.80. The Morgan fingerprint density at radius 2 is 1.73 bits per heavy atom. The minimum atomic E-state index is -0.0384. The number of amides is 1. The van der Waals surface area contributed by atoms with Crippen molar-refractivity contribution < 1.29 is 4.79 Å². The average Bonchev–Trinajstić information content (AvgIpc) is 2.86. The molecule has 0 atom stereocenters. The molecule has 0 fully saturated rings. The van der Waals surface area contributed by atoms with Crippen molar-refractivity contribution in [1.82, 2.24) is 15.0 Å². The summed E-state index contributed by atoms with van der Waals surface area (Å²) in [7, 11) is 3.62. The van der Waals surface area contributed by atoms with E-state index in [0.717, 1.165) is 22.2 Å². The maximum Gasteiger partial charge on any atom is 0.254 e. The van der Waals surface area contributed by atoms with Crippen molar-refractivity contribution in [3.8, 4) is 11.3 Å². The van der Waals surface area contributed by atoms with E-state index in [2.05, 4.69) is 34.3 Å². The summed E-state index contributed by atoms with van der Waals surface area (Å²) in [4.78, 5) is 12.2. The number of nitrogens with one attached hydrogen (secondary N) is 1. The second-order valence-corrected chi connectivity index (χ2v) is 5.47. The first kappa shape index (κ1) is 14.4. The van der Waals surface area contributed by atoms with Crippen LogP contribution in [0.2, 0.25) is 0 Å². The molecule has 3 aromatic rings. The van der Waals surface area contributed by atoms with E-state index in [4.69, 9.17) is 0 Å². The number of para-hydroxylation sites is 1. The van der Waals surface area contributed by atoms with Crippen LogP contribution in [0.4, 0.5) is 0 Å². The predicted molar refractivity (Wildman–Crippen MR) is 89.2 cm³/mol. The van der Waals surface area contributed by atoms with Crippen LogP contribution in [0.1, 0.15) is 0 Å². The first-order valence-corrected chi connectivity index (χ1v) is 7.25. The van der Waals surface area contributed by atoms with E-state index in [9.17, 15) is 4.79 Å². The molecule has 0 saturated heterocycles. The van der Waals surface area contributed by atoms with E-state index in [-0.39, 0.29) is 12.5 Å². The van der Waals surface area contributed by atoms with E-state index in [1.54, 1.807) is 5.01 Å². The van der Waals surface area contributed by atoms with Gasteiger partial charge in [0, 0.05) is 30.7 Å². The molecule has 112 valence electrons. The summed E-state index contributed by atoms with van der Waals surface area (Å²) < 4.78 is 2.06. The molecule has 0 aliphatic heterocycles. The summed E-state index contributed by atoms with van der Waals surface area (Å²) in [6.45, 7) is 0.288. The van der Waals surface area contributed by atoms with Crippen molar-refractivity contribution in [2.24, 2.45) is 0 Å². The van der Waals surface area contributed by atoms with Gasteiger partial charge in [-0.3, -0.25) is 10.2 Å². The van der Waals surface area contributed by atoms with Crippen molar-refractivity contribution in [2.75, 3.05) is 14.1 Å². The fourth-order valence-corrected chi connectivity index (χ4v) is 2.66. The molecule has 4 nitrogen and oxygen atoms in total. The predicted octanol–water partition coefficient (Wildman–Crippen LogP) is 2.90. The van der Waals surface area contributed by atoms with Crippen LogP contribution in [0.3, 0.4) is 0 Å². The van der Waals surface area contributed by atoms with Gasteiger partial charge in [0.2, 0.25) is 0 Å². The highest BCUT2D eigenvalue weighted by Crippen LogP contribution is 2.28. The minimum absolute atomic E-state index is 0.0384. The van der Waals surface area contributed by atoms with E-state index in [1.165, 1.54) is 0 Å². The van der Waals surface area contributed by atoms with Crippen molar-refractivity contribution in [2.45, 2.75) is 6.54 Å². The number of hydrogen-bond donors (Lipinski definition) is 1. The van der Waals surface area contributed by atoms with Crippen LogP contribution in [0.5, 0.6) is 0 Å². The fourth-order valence-electron chi connectivity index (χ4n) is 2.66. The van der Waals surface area contributed by atoms with E-state index >= 15 is 0 Å². The monoisotopic (exact) mass is 293 g/mol. The standard InChI is InChI=1S/C18H19N3O/c1-20(2)19-18(22)13-21-16-11-7-6-10-15(16)12-17(21)14-8-4-3-5-9-14/h3-12H,13H2,1-2H3,(H,19,22). The van der Waals surface area contributed by atoms with Gasteiger partial charge in [0.25, 0.3) is 5.91 Å². The SMILES string of the molecule is CN(C)NC(=O)Cn1c(-c2ccccc2)cc2ccccc21. The van der Waals surface area contributed by atoms with Crippen molar-refractivity contribution in [1.29, 1.82) is 0 Å². The molecule has 0 bridgehead atoms. The van der Waals surface area contributed by atoms with Gasteiger partial charge in [0.1, 0.15) is 6.54 Å². The third-order valence-electron chi connectivity index (χ3n) is 3.53. The molecule has 0 saturated carbocycles. The fraction of sp³-hybridized carbons (Fsp3) is 0.167. The Labute approximate surface area is 129 Å². The highest BCUT2D eigenvalue weighted by molar-refractivity contribution is 5.89. The lowest BCUT2D eigenvalue weighted by atomic mass is 10.1. The van der Waals surface area contributed by atoms with Gasteiger partial charge in [0.15, 0.2) is 0 Å². The van der Waals surface area contributed by atoms with Gasteiger partial charge in [0.05, 0.1) is 0 Å². The summed E-state index contributed by atoms with van der Waals surface area (Å²) >= 11 is 0. The first-order chi connectivity index (χ1) is 10.6. The maximum atomic E-state index is 12.2. The third-order valence-corrected chi connectivity index (χ3v) is 3.53. The Kier molecular flexibility index (Phi) is 3.94. The van der Waals surface area contributed by atoms with Crippen molar-refractivity contribution in [3.63, 3.8) is 0 Å². The smallest absolute Gasteiger partial charge is 0.254 e. The summed E-state index contributed by atoms with van der Waals surface area (Å²) in [5.41, 5.74) is 6.02. The molecule has 4 heteroatoms. The van der Waals surface area contributed by atoms with E-state index in [0.29, 0.717) is 0 Å². The van der Waals surface area contributed by atoms with Gasteiger partial charge >= 0.3 is 0 Å². The highest BCUT2D eigenvalue weighted by atomic mass is 16.2. The van der Waals surface area contributed by atoms with E-state index in [1.807, 2.05) is 50.5 Å². The lowest BCUT2D eigenvalue weighted by Gasteiger charge is -2.15. The topological polar surface area (TPSA) is 37.3 Å². The molecule has 1 amide bonds. The van der Waals surface area contributed by atoms with Crippen LogP contribution in [0, 0.1) is 0 Å². The lowest BCUT2D eigenvalue weighted by molar-refractivity contribution is -0.125. The molecule has 0 radical (unpaired) electrons. The van der Waals surface area contributed by atoms with Crippen molar-refractivity contribution in [3.05, 3.63) is 60.7 Å². The molecule has 1 N–H and O–H groups in total. The number of hydrazine groups is 1. The Hall–Kier alpha value is -2.59. The normalized spacial score (nSPS) is 11.0. The van der Waals surface area contributed by atoms with Crippen LogP contribution in [0.25, 0.3) is 22.2 Å². The number of nitrogens with zero attached hydrogens (tertiary/aromatic N) is 2. The second-order valence-electron chi connectivity index (χ2n) is 5.47. The van der Waals surface area contributed by atoms with Crippen LogP contribution in [0.15, 0.2) is 60.7 Å². The summed E-state index contributed by atoms with van der Waals surface area (Å²) in [5.74, 6) is -0.0384. The zero-order chi connectivity index (χ0) is 15.5. The second kappa shape index (κ2) is 6.03. The molecular weight excluding hydrogens is 274 g/mol. The van der Waals surface area contributed by atoms with Crippen LogP contribution in [-0.2, 0) is 11.3 Å². The van der Waals surface area contributed by atoms with Gasteiger partial charge in [-0.15, -0.1) is 0 Å². The Morgan fingerprint density at radius 3 is 2.45 bits per heavy atom. The number of rotatable bonds is 4. The zero-order valence-electron chi connectivity index (χ0n) is 12.8. The number of fused-ring (bicyclic) bond motifs is 1. The van der Waals surface area contributed by atoms with Crippen LogP contribution < -0.4 is 5.43 Å². The number of hydrogen-bond acceptors (Lipinski definition) is 2. The maximum absolute atomic E-state index is 12.2. The van der Waals surface area contributed by atoms with Gasteiger partial charge in [-0.2, -0.15) is 0 Å². The molecule has 0 aliphatic rings. The third kappa shape index (κ3) is 2.87. The Balaban J connectivity index is 2.08. The first-order valence-electron chi connectivity index (χ1n) is 7.25.